The predicted molar refractivity (Wildman–Crippen MR) is 73.8 cm³/mol. The predicted octanol–water partition coefficient (Wildman–Crippen LogP) is 1.28. The third-order valence-electron chi connectivity index (χ3n) is 3.46. The fourth-order valence-corrected chi connectivity index (χ4v) is 2.98. The lowest BCUT2D eigenvalue weighted by Crippen LogP contribution is -2.44. The summed E-state index contributed by atoms with van der Waals surface area (Å²) in [5.74, 6) is 0. The molecule has 0 spiro atoms. The van der Waals surface area contributed by atoms with Crippen LogP contribution in [-0.4, -0.2) is 40.9 Å². The zero-order valence-electron chi connectivity index (χ0n) is 10.9. The molecule has 0 radical (unpaired) electrons. The zero-order chi connectivity index (χ0) is 13.2. The van der Waals surface area contributed by atoms with Gasteiger partial charge in [-0.3, -0.25) is 0 Å². The zero-order valence-corrected chi connectivity index (χ0v) is 11.7. The number of sulfone groups is 1. The van der Waals surface area contributed by atoms with Gasteiger partial charge in [-0.2, -0.15) is 0 Å². The molecule has 1 unspecified atom stereocenters. The molecule has 100 valence electrons. The highest BCUT2D eigenvalue weighted by atomic mass is 32.2. The van der Waals surface area contributed by atoms with Crippen LogP contribution < -0.4 is 10.2 Å². The summed E-state index contributed by atoms with van der Waals surface area (Å²) in [6.45, 7) is 2.02. The Morgan fingerprint density at radius 3 is 2.50 bits per heavy atom. The van der Waals surface area contributed by atoms with Gasteiger partial charge in [-0.25, -0.2) is 8.42 Å². The van der Waals surface area contributed by atoms with E-state index in [0.717, 1.165) is 18.8 Å². The molecule has 1 saturated heterocycles. The fourth-order valence-electron chi connectivity index (χ4n) is 2.35. The van der Waals surface area contributed by atoms with Crippen molar-refractivity contribution < 1.29 is 8.42 Å². The van der Waals surface area contributed by atoms with Crippen molar-refractivity contribution in [2.45, 2.75) is 23.8 Å². The van der Waals surface area contributed by atoms with Crippen molar-refractivity contribution in [1.82, 2.24) is 5.32 Å². The molecule has 1 N–H and O–H groups in total. The molecule has 0 bridgehead atoms. The largest absolute Gasteiger partial charge is 0.370 e. The minimum Gasteiger partial charge on any atom is -0.370 e. The Morgan fingerprint density at radius 2 is 1.94 bits per heavy atom. The summed E-state index contributed by atoms with van der Waals surface area (Å²) < 4.78 is 22.8. The van der Waals surface area contributed by atoms with Crippen LogP contribution in [0.1, 0.15) is 12.8 Å². The SMILES string of the molecule is CNC1CCCN(c2ccc(S(C)(=O)=O)cc2)C1. The molecule has 0 saturated carbocycles. The maximum absolute atomic E-state index is 11.4. The number of benzene rings is 1. The lowest BCUT2D eigenvalue weighted by Gasteiger charge is -2.34. The number of likely N-dealkylation sites (N-methyl/N-ethyl adjacent to an activating group) is 1. The Labute approximate surface area is 109 Å². The molecule has 2 rings (SSSR count). The molecule has 1 aromatic rings. The van der Waals surface area contributed by atoms with Gasteiger partial charge in [0, 0.05) is 31.1 Å². The van der Waals surface area contributed by atoms with E-state index in [2.05, 4.69) is 10.2 Å². The minimum absolute atomic E-state index is 0.383. The van der Waals surface area contributed by atoms with Gasteiger partial charge < -0.3 is 10.2 Å². The number of hydrogen-bond acceptors (Lipinski definition) is 4. The number of nitrogens with one attached hydrogen (secondary N) is 1. The van der Waals surface area contributed by atoms with Gasteiger partial charge in [0.15, 0.2) is 9.84 Å². The Bertz CT molecular complexity index is 496. The maximum atomic E-state index is 11.4. The van der Waals surface area contributed by atoms with E-state index in [4.69, 9.17) is 0 Å². The average molecular weight is 268 g/mol. The summed E-state index contributed by atoms with van der Waals surface area (Å²) in [4.78, 5) is 2.69. The lowest BCUT2D eigenvalue weighted by atomic mass is 10.1. The van der Waals surface area contributed by atoms with E-state index in [-0.39, 0.29) is 0 Å². The monoisotopic (exact) mass is 268 g/mol. The van der Waals surface area contributed by atoms with Gasteiger partial charge in [-0.1, -0.05) is 0 Å². The van der Waals surface area contributed by atoms with Crippen LogP contribution in [0.3, 0.4) is 0 Å². The standard InChI is InChI=1S/C13H20N2O2S/c1-14-11-4-3-9-15(10-11)12-5-7-13(8-6-12)18(2,16)17/h5-8,11,14H,3-4,9-10H2,1-2H3. The van der Waals surface area contributed by atoms with Crippen molar-refractivity contribution in [3.63, 3.8) is 0 Å². The molecule has 1 fully saturated rings. The first-order chi connectivity index (χ1) is 8.50. The van der Waals surface area contributed by atoms with Crippen LogP contribution >= 0.6 is 0 Å². The van der Waals surface area contributed by atoms with Gasteiger partial charge in [-0.15, -0.1) is 0 Å². The Kier molecular flexibility index (Phi) is 3.92. The average Bonchev–Trinajstić information content (AvgIpc) is 2.38. The third kappa shape index (κ3) is 3.03. The van der Waals surface area contributed by atoms with Crippen LogP contribution in [0.15, 0.2) is 29.2 Å². The first-order valence-electron chi connectivity index (χ1n) is 6.23. The molecule has 4 nitrogen and oxygen atoms in total. The number of nitrogens with zero attached hydrogens (tertiary/aromatic N) is 1. The smallest absolute Gasteiger partial charge is 0.175 e. The molecule has 1 aliphatic heterocycles. The van der Waals surface area contributed by atoms with Gasteiger partial charge in [0.25, 0.3) is 0 Å². The highest BCUT2D eigenvalue weighted by Gasteiger charge is 2.18. The van der Waals surface area contributed by atoms with Crippen molar-refractivity contribution in [3.05, 3.63) is 24.3 Å². The summed E-state index contributed by atoms with van der Waals surface area (Å²) in [5, 5.41) is 3.30. The fraction of sp³-hybridized carbons (Fsp3) is 0.538. The minimum atomic E-state index is -3.10. The van der Waals surface area contributed by atoms with E-state index in [0.29, 0.717) is 10.9 Å². The van der Waals surface area contributed by atoms with Crippen LogP contribution in [0.5, 0.6) is 0 Å². The van der Waals surface area contributed by atoms with Crippen molar-refractivity contribution in [3.8, 4) is 0 Å². The summed E-state index contributed by atoms with van der Waals surface area (Å²) in [7, 11) is -1.11. The quantitative estimate of drug-likeness (QED) is 0.897. The first kappa shape index (κ1) is 13.4. The molecule has 5 heteroatoms. The van der Waals surface area contributed by atoms with Crippen LogP contribution in [0, 0.1) is 0 Å². The lowest BCUT2D eigenvalue weighted by molar-refractivity contribution is 0.449. The molecule has 1 atom stereocenters. The molecule has 0 amide bonds. The Morgan fingerprint density at radius 1 is 1.28 bits per heavy atom. The van der Waals surface area contributed by atoms with Crippen LogP contribution in [-0.2, 0) is 9.84 Å². The van der Waals surface area contributed by atoms with E-state index in [1.165, 1.54) is 19.1 Å². The molecular weight excluding hydrogens is 248 g/mol. The van der Waals surface area contributed by atoms with Crippen molar-refractivity contribution in [2.24, 2.45) is 0 Å². The van der Waals surface area contributed by atoms with Crippen LogP contribution in [0.4, 0.5) is 5.69 Å². The van der Waals surface area contributed by atoms with E-state index in [9.17, 15) is 8.42 Å². The van der Waals surface area contributed by atoms with Crippen LogP contribution in [0.25, 0.3) is 0 Å². The third-order valence-corrected chi connectivity index (χ3v) is 4.59. The molecule has 18 heavy (non-hydrogen) atoms. The number of hydrogen-bond donors (Lipinski definition) is 1. The van der Waals surface area contributed by atoms with Gasteiger partial charge in [0.1, 0.15) is 0 Å². The number of anilines is 1. The normalized spacial score (nSPS) is 21.0. The van der Waals surface area contributed by atoms with Gasteiger partial charge >= 0.3 is 0 Å². The molecule has 1 aromatic carbocycles. The topological polar surface area (TPSA) is 49.4 Å². The number of rotatable bonds is 3. The molecule has 0 aromatic heterocycles. The summed E-state index contributed by atoms with van der Waals surface area (Å²) in [5.41, 5.74) is 1.10. The molecule has 1 heterocycles. The van der Waals surface area contributed by atoms with E-state index in [1.54, 1.807) is 12.1 Å². The van der Waals surface area contributed by atoms with E-state index >= 15 is 0 Å². The van der Waals surface area contributed by atoms with Crippen molar-refractivity contribution in [1.29, 1.82) is 0 Å². The van der Waals surface area contributed by atoms with Gasteiger partial charge in [0.05, 0.1) is 4.90 Å². The van der Waals surface area contributed by atoms with Crippen molar-refractivity contribution >= 4 is 15.5 Å². The second-order valence-electron chi connectivity index (χ2n) is 4.84. The highest BCUT2D eigenvalue weighted by Crippen LogP contribution is 2.21. The molecule has 0 aliphatic carbocycles. The molecule has 1 aliphatic rings. The second-order valence-corrected chi connectivity index (χ2v) is 6.86. The van der Waals surface area contributed by atoms with E-state index < -0.39 is 9.84 Å². The Balaban J connectivity index is 2.14. The summed E-state index contributed by atoms with van der Waals surface area (Å²) in [6, 6.07) is 7.69. The first-order valence-corrected chi connectivity index (χ1v) is 8.12. The summed E-state index contributed by atoms with van der Waals surface area (Å²) in [6.07, 6.45) is 3.60. The van der Waals surface area contributed by atoms with Gasteiger partial charge in [-0.05, 0) is 44.2 Å². The maximum Gasteiger partial charge on any atom is 0.175 e. The Hall–Kier alpha value is -1.07. The second kappa shape index (κ2) is 5.28. The molecular formula is C13H20N2O2S. The summed E-state index contributed by atoms with van der Waals surface area (Å²) >= 11 is 0. The van der Waals surface area contributed by atoms with Crippen molar-refractivity contribution in [2.75, 3.05) is 31.3 Å². The van der Waals surface area contributed by atoms with E-state index in [1.807, 2.05) is 19.2 Å². The van der Waals surface area contributed by atoms with Gasteiger partial charge in [0.2, 0.25) is 0 Å². The van der Waals surface area contributed by atoms with Crippen LogP contribution in [0.2, 0.25) is 0 Å². The highest BCUT2D eigenvalue weighted by molar-refractivity contribution is 7.90. The number of piperidine rings is 1.